The van der Waals surface area contributed by atoms with Crippen LogP contribution >= 0.6 is 11.6 Å². The Morgan fingerprint density at radius 2 is 2.25 bits per heavy atom. The summed E-state index contributed by atoms with van der Waals surface area (Å²) >= 11 is 6.08. The zero-order valence-corrected chi connectivity index (χ0v) is 14.4. The van der Waals surface area contributed by atoms with Crippen LogP contribution in [0.5, 0.6) is 0 Å². The molecule has 2 atom stereocenters. The molecule has 130 valence electrons. The van der Waals surface area contributed by atoms with E-state index in [1.54, 1.807) is 12.3 Å². The van der Waals surface area contributed by atoms with Crippen LogP contribution < -0.4 is 10.6 Å². The molecule has 0 saturated carbocycles. The lowest BCUT2D eigenvalue weighted by Gasteiger charge is -2.33. The monoisotopic (exact) mass is 350 g/mol. The molecule has 0 radical (unpaired) electrons. The molecule has 2 saturated heterocycles. The van der Waals surface area contributed by atoms with Crippen molar-refractivity contribution in [2.24, 2.45) is 5.92 Å². The Balaban J connectivity index is 1.53. The molecule has 2 amide bonds. The number of piperidine rings is 1. The number of aromatic nitrogens is 1. The van der Waals surface area contributed by atoms with Gasteiger partial charge in [0.05, 0.1) is 16.6 Å². The van der Waals surface area contributed by atoms with Gasteiger partial charge in [-0.05, 0) is 44.2 Å². The quantitative estimate of drug-likeness (QED) is 0.862. The van der Waals surface area contributed by atoms with Crippen LogP contribution in [0.1, 0.15) is 36.0 Å². The van der Waals surface area contributed by atoms with Crippen molar-refractivity contribution >= 4 is 23.4 Å². The number of nitrogens with one attached hydrogen (secondary N) is 2. The van der Waals surface area contributed by atoms with Gasteiger partial charge in [-0.3, -0.25) is 14.6 Å². The van der Waals surface area contributed by atoms with Crippen molar-refractivity contribution < 1.29 is 9.59 Å². The van der Waals surface area contributed by atoms with Crippen molar-refractivity contribution in [1.82, 2.24) is 20.5 Å². The van der Waals surface area contributed by atoms with Gasteiger partial charge in [-0.2, -0.15) is 0 Å². The number of hydrogen-bond acceptors (Lipinski definition) is 4. The molecule has 3 rings (SSSR count). The van der Waals surface area contributed by atoms with Crippen molar-refractivity contribution in [1.29, 1.82) is 0 Å². The molecule has 2 fully saturated rings. The van der Waals surface area contributed by atoms with E-state index in [-0.39, 0.29) is 23.8 Å². The van der Waals surface area contributed by atoms with Gasteiger partial charge in [-0.1, -0.05) is 11.6 Å². The molecule has 7 heteroatoms. The molecular formula is C17H23ClN4O2. The molecule has 6 nitrogen and oxygen atoms in total. The molecule has 0 aromatic carbocycles. The van der Waals surface area contributed by atoms with Crippen LogP contribution in [-0.4, -0.2) is 53.9 Å². The van der Waals surface area contributed by atoms with Gasteiger partial charge in [0.15, 0.2) is 0 Å². The summed E-state index contributed by atoms with van der Waals surface area (Å²) in [4.78, 5) is 30.5. The number of carbonyl (C=O) groups excluding carboxylic acids is 2. The molecule has 2 aliphatic heterocycles. The summed E-state index contributed by atoms with van der Waals surface area (Å²) < 4.78 is 0. The van der Waals surface area contributed by atoms with E-state index < -0.39 is 0 Å². The van der Waals surface area contributed by atoms with E-state index in [4.69, 9.17) is 11.6 Å². The highest BCUT2D eigenvalue weighted by Crippen LogP contribution is 2.21. The first-order valence-corrected chi connectivity index (χ1v) is 8.93. The van der Waals surface area contributed by atoms with E-state index in [1.807, 2.05) is 4.90 Å². The average molecular weight is 351 g/mol. The van der Waals surface area contributed by atoms with Crippen molar-refractivity contribution in [2.45, 2.75) is 31.7 Å². The number of nitrogens with zero attached hydrogens (tertiary/aromatic N) is 2. The zero-order chi connectivity index (χ0) is 16.9. The maximum absolute atomic E-state index is 12.6. The first-order valence-electron chi connectivity index (χ1n) is 8.55. The van der Waals surface area contributed by atoms with E-state index in [2.05, 4.69) is 15.6 Å². The Morgan fingerprint density at radius 1 is 1.38 bits per heavy atom. The molecule has 2 unspecified atom stereocenters. The van der Waals surface area contributed by atoms with Gasteiger partial charge >= 0.3 is 0 Å². The number of amides is 2. The highest BCUT2D eigenvalue weighted by Gasteiger charge is 2.27. The Bertz CT molecular complexity index is 604. The molecule has 1 aromatic heterocycles. The number of rotatable bonds is 4. The Labute approximate surface area is 147 Å². The van der Waals surface area contributed by atoms with E-state index in [0.29, 0.717) is 23.7 Å². The van der Waals surface area contributed by atoms with E-state index in [1.165, 1.54) is 6.20 Å². The molecule has 0 bridgehead atoms. The number of carbonyl (C=O) groups is 2. The third-order valence-electron chi connectivity index (χ3n) is 4.75. The lowest BCUT2D eigenvalue weighted by atomic mass is 9.97. The van der Waals surface area contributed by atoms with Gasteiger partial charge in [-0.15, -0.1) is 0 Å². The van der Waals surface area contributed by atoms with Gasteiger partial charge in [0.25, 0.3) is 5.91 Å². The average Bonchev–Trinajstić information content (AvgIpc) is 3.14. The van der Waals surface area contributed by atoms with Crippen LogP contribution in [0.15, 0.2) is 18.5 Å². The maximum Gasteiger partial charge on any atom is 0.255 e. The normalized spacial score (nSPS) is 24.0. The van der Waals surface area contributed by atoms with Crippen molar-refractivity contribution in [3.63, 3.8) is 0 Å². The van der Waals surface area contributed by atoms with Crippen LogP contribution in [0.2, 0.25) is 5.02 Å². The third-order valence-corrected chi connectivity index (χ3v) is 5.05. The fourth-order valence-corrected chi connectivity index (χ4v) is 3.61. The maximum atomic E-state index is 12.6. The minimum Gasteiger partial charge on any atom is -0.354 e. The van der Waals surface area contributed by atoms with Crippen LogP contribution in [0.25, 0.3) is 0 Å². The summed E-state index contributed by atoms with van der Waals surface area (Å²) in [6, 6.07) is 1.60. The van der Waals surface area contributed by atoms with Crippen molar-refractivity contribution in [3.8, 4) is 0 Å². The minimum absolute atomic E-state index is 0.0537. The Morgan fingerprint density at radius 3 is 3.00 bits per heavy atom. The standard InChI is InChI=1S/C17H23ClN4O2/c18-14-10-19-7-5-13(14)17(24)22-8-2-3-12(11-22)9-21-16(23)15-4-1-6-20-15/h5,7,10,12,15,20H,1-4,6,8-9,11H2,(H,21,23). The van der Waals surface area contributed by atoms with Gasteiger partial charge in [0.2, 0.25) is 5.91 Å². The van der Waals surface area contributed by atoms with E-state index in [0.717, 1.165) is 38.8 Å². The summed E-state index contributed by atoms with van der Waals surface area (Å²) in [5.41, 5.74) is 0.492. The molecule has 0 spiro atoms. The summed E-state index contributed by atoms with van der Waals surface area (Å²) in [5.74, 6) is 0.303. The molecule has 0 aliphatic carbocycles. The van der Waals surface area contributed by atoms with Crippen LogP contribution in [0, 0.1) is 5.92 Å². The van der Waals surface area contributed by atoms with E-state index in [9.17, 15) is 9.59 Å². The summed E-state index contributed by atoms with van der Waals surface area (Å²) in [5, 5.41) is 6.61. The van der Waals surface area contributed by atoms with Gasteiger partial charge in [0.1, 0.15) is 0 Å². The first-order chi connectivity index (χ1) is 11.6. The van der Waals surface area contributed by atoms with Crippen LogP contribution in [-0.2, 0) is 4.79 Å². The van der Waals surface area contributed by atoms with Gasteiger partial charge in [-0.25, -0.2) is 0 Å². The second kappa shape index (κ2) is 7.94. The summed E-state index contributed by atoms with van der Waals surface area (Å²) in [6.45, 7) is 2.91. The molecule has 3 heterocycles. The SMILES string of the molecule is O=C(NCC1CCCN(C(=O)c2ccncc2Cl)C1)C1CCCN1. The highest BCUT2D eigenvalue weighted by atomic mass is 35.5. The van der Waals surface area contributed by atoms with Crippen LogP contribution in [0.3, 0.4) is 0 Å². The fraction of sp³-hybridized carbons (Fsp3) is 0.588. The lowest BCUT2D eigenvalue weighted by molar-refractivity contribution is -0.123. The summed E-state index contributed by atoms with van der Waals surface area (Å²) in [6.07, 6.45) is 6.99. The number of pyridine rings is 1. The minimum atomic E-state index is -0.0594. The van der Waals surface area contributed by atoms with Crippen molar-refractivity contribution in [3.05, 3.63) is 29.0 Å². The fourth-order valence-electron chi connectivity index (χ4n) is 3.41. The van der Waals surface area contributed by atoms with E-state index >= 15 is 0 Å². The number of halogens is 1. The van der Waals surface area contributed by atoms with Crippen molar-refractivity contribution in [2.75, 3.05) is 26.2 Å². The second-order valence-electron chi connectivity index (χ2n) is 6.51. The zero-order valence-electron chi connectivity index (χ0n) is 13.6. The molecule has 2 N–H and O–H groups in total. The largest absolute Gasteiger partial charge is 0.354 e. The number of hydrogen-bond donors (Lipinski definition) is 2. The second-order valence-corrected chi connectivity index (χ2v) is 6.92. The predicted octanol–water partition coefficient (Wildman–Crippen LogP) is 1.46. The van der Waals surface area contributed by atoms with Gasteiger partial charge in [0, 0.05) is 32.0 Å². The first kappa shape index (κ1) is 17.2. The Hall–Kier alpha value is -1.66. The molecule has 2 aliphatic rings. The highest BCUT2D eigenvalue weighted by molar-refractivity contribution is 6.33. The number of likely N-dealkylation sites (tertiary alicyclic amines) is 1. The molecular weight excluding hydrogens is 328 g/mol. The molecule has 24 heavy (non-hydrogen) atoms. The lowest BCUT2D eigenvalue weighted by Crippen LogP contribution is -2.46. The predicted molar refractivity (Wildman–Crippen MR) is 91.9 cm³/mol. The van der Waals surface area contributed by atoms with Crippen LogP contribution in [0.4, 0.5) is 0 Å². The topological polar surface area (TPSA) is 74.3 Å². The van der Waals surface area contributed by atoms with Gasteiger partial charge < -0.3 is 15.5 Å². The smallest absolute Gasteiger partial charge is 0.255 e. The summed E-state index contributed by atoms with van der Waals surface area (Å²) in [7, 11) is 0. The third kappa shape index (κ3) is 4.05. The Kier molecular flexibility index (Phi) is 5.68. The molecule has 1 aromatic rings.